The number of piperidine rings is 1. The average Bonchev–Trinajstić information content (AvgIpc) is 3.28. The number of piperazine rings is 1. The van der Waals surface area contributed by atoms with Gasteiger partial charge in [0.05, 0.1) is 16.2 Å². The number of allylic oxidation sites excluding steroid dienone is 1. The van der Waals surface area contributed by atoms with E-state index >= 15 is 0 Å². The van der Waals surface area contributed by atoms with Gasteiger partial charge in [-0.2, -0.15) is 13.2 Å². The molecule has 19 heteroatoms. The summed E-state index contributed by atoms with van der Waals surface area (Å²) < 4.78 is 130. The van der Waals surface area contributed by atoms with Crippen molar-refractivity contribution >= 4 is 48.9 Å². The number of benzene rings is 3. The molecule has 3 aromatic rings. The predicted molar refractivity (Wildman–Crippen MR) is 254 cm³/mol. The van der Waals surface area contributed by atoms with Crippen LogP contribution in [0.4, 0.5) is 33.3 Å². The largest absolute Gasteiger partial charge is 0.501 e. The van der Waals surface area contributed by atoms with Crippen LogP contribution in [0.15, 0.2) is 98.6 Å². The number of thioether (sulfide) groups is 1. The van der Waals surface area contributed by atoms with E-state index in [1.165, 1.54) is 35.0 Å². The van der Waals surface area contributed by atoms with Gasteiger partial charge < -0.3 is 19.9 Å². The first-order chi connectivity index (χ1) is 31.6. The molecule has 67 heavy (non-hydrogen) atoms. The number of hydrogen-bond donors (Lipinski definition) is 2. The zero-order valence-corrected chi connectivity index (χ0v) is 41.2. The molecule has 0 aromatic heterocycles. The Morgan fingerprint density at radius 2 is 1.51 bits per heavy atom. The maximum atomic E-state index is 14.2. The second kappa shape index (κ2) is 22.3. The Balaban J connectivity index is 1.12. The van der Waals surface area contributed by atoms with Crippen molar-refractivity contribution in [1.29, 1.82) is 0 Å². The predicted octanol–water partition coefficient (Wildman–Crippen LogP) is 9.63. The van der Waals surface area contributed by atoms with Crippen LogP contribution in [0.2, 0.25) is 0 Å². The number of carbonyl (C=O) groups is 1. The molecule has 2 saturated heterocycles. The van der Waals surface area contributed by atoms with Crippen molar-refractivity contribution in [2.75, 3.05) is 75.4 Å². The second-order valence-electron chi connectivity index (χ2n) is 18.9. The van der Waals surface area contributed by atoms with Crippen LogP contribution >= 0.6 is 11.8 Å². The number of amides is 1. The zero-order chi connectivity index (χ0) is 48.6. The molecule has 1 aliphatic carbocycles. The lowest BCUT2D eigenvalue weighted by Crippen LogP contribution is -2.47. The van der Waals surface area contributed by atoms with Crippen LogP contribution in [0, 0.1) is 5.41 Å². The quantitative estimate of drug-likeness (QED) is 0.0638. The number of methoxy groups -OCH3 is 1. The molecule has 2 N–H and O–H groups in total. The van der Waals surface area contributed by atoms with Crippen molar-refractivity contribution in [2.24, 2.45) is 5.41 Å². The summed E-state index contributed by atoms with van der Waals surface area (Å²) in [5, 5.41) is 3.01. The molecule has 1 atom stereocenters. The maximum Gasteiger partial charge on any atom is 0.501 e. The summed E-state index contributed by atoms with van der Waals surface area (Å²) in [7, 11) is -9.27. The first-order valence-electron chi connectivity index (χ1n) is 22.9. The molecule has 0 bridgehead atoms. The standard InChI is InChI=1S/C48H64F5N5O6S3/c1-46(2)21-19-37(36(32-46)9-8-12-44(49)50)33-57-27-29-58(30-28-57)39-15-13-35(14-16-39)45(59)55-67(62,63)41-17-18-42(43(31-41)66(60,61)48(51,52)53)54-38(34-65-40-10-6-5-7-11-40)20-24-56-25-22-47(3,64-4)23-26-56/h5-7,10-11,13-18,31,38,44,54H,8-9,12,19-30,32-34H2,1-4H3,(H,55,59)/t38-/m1/s1. The fraction of sp³-hybridized carbons (Fsp3) is 0.562. The third-order valence-corrected chi connectivity index (χ3v) is 17.3. The molecule has 2 aliphatic heterocycles. The average molecular weight is 998 g/mol. The van der Waals surface area contributed by atoms with Gasteiger partial charge in [0.15, 0.2) is 0 Å². The van der Waals surface area contributed by atoms with E-state index in [9.17, 15) is 43.6 Å². The molecule has 3 aromatic carbocycles. The van der Waals surface area contributed by atoms with Gasteiger partial charge in [-0.15, -0.1) is 11.8 Å². The molecule has 0 saturated carbocycles. The number of sulfone groups is 1. The van der Waals surface area contributed by atoms with Gasteiger partial charge in [0.1, 0.15) is 4.90 Å². The van der Waals surface area contributed by atoms with Gasteiger partial charge >= 0.3 is 5.51 Å². The number of nitrogens with one attached hydrogen (secondary N) is 2. The van der Waals surface area contributed by atoms with Gasteiger partial charge in [-0.1, -0.05) is 43.2 Å². The van der Waals surface area contributed by atoms with Gasteiger partial charge in [-0.05, 0) is 118 Å². The maximum absolute atomic E-state index is 14.2. The highest BCUT2D eigenvalue weighted by Crippen LogP contribution is 2.41. The lowest BCUT2D eigenvalue weighted by atomic mass is 9.73. The van der Waals surface area contributed by atoms with Crippen molar-refractivity contribution in [3.05, 3.63) is 89.5 Å². The number of alkyl halides is 5. The summed E-state index contributed by atoms with van der Waals surface area (Å²) in [5.41, 5.74) is -2.82. The molecular weight excluding hydrogens is 934 g/mol. The van der Waals surface area contributed by atoms with Gasteiger partial charge in [0.2, 0.25) is 6.43 Å². The lowest BCUT2D eigenvalue weighted by Gasteiger charge is -2.39. The third-order valence-electron chi connectivity index (χ3n) is 13.3. The van der Waals surface area contributed by atoms with E-state index < -0.39 is 59.2 Å². The normalized spacial score (nSPS) is 19.1. The fourth-order valence-electron chi connectivity index (χ4n) is 8.94. The molecule has 1 amide bonds. The topological polar surface area (TPSA) is 128 Å². The molecule has 2 heterocycles. The number of halogens is 5. The van der Waals surface area contributed by atoms with Crippen LogP contribution in [-0.2, 0) is 24.6 Å². The van der Waals surface area contributed by atoms with E-state index in [1.54, 1.807) is 19.2 Å². The molecule has 370 valence electrons. The number of anilines is 2. The van der Waals surface area contributed by atoms with Gasteiger partial charge in [-0.3, -0.25) is 9.69 Å². The van der Waals surface area contributed by atoms with Crippen molar-refractivity contribution in [3.8, 4) is 0 Å². The number of rotatable bonds is 20. The Morgan fingerprint density at radius 3 is 2.13 bits per heavy atom. The molecule has 2 fully saturated rings. The number of nitrogens with zero attached hydrogens (tertiary/aromatic N) is 3. The Kier molecular flexibility index (Phi) is 17.5. The molecule has 0 spiro atoms. The molecular formula is C48H64F5N5O6S3. The van der Waals surface area contributed by atoms with Crippen LogP contribution in [0.5, 0.6) is 0 Å². The lowest BCUT2D eigenvalue weighted by molar-refractivity contribution is -0.0437. The van der Waals surface area contributed by atoms with Crippen LogP contribution in [0.3, 0.4) is 0 Å². The van der Waals surface area contributed by atoms with E-state index in [4.69, 9.17) is 4.74 Å². The minimum Gasteiger partial charge on any atom is -0.380 e. The Labute approximate surface area is 397 Å². The highest BCUT2D eigenvalue weighted by molar-refractivity contribution is 7.99. The summed E-state index contributed by atoms with van der Waals surface area (Å²) in [5.74, 6) is -0.689. The van der Waals surface area contributed by atoms with E-state index in [0.29, 0.717) is 50.7 Å². The van der Waals surface area contributed by atoms with E-state index in [2.05, 4.69) is 33.9 Å². The minimum absolute atomic E-state index is 0.0294. The van der Waals surface area contributed by atoms with E-state index in [0.717, 1.165) is 87.5 Å². The fourth-order valence-corrected chi connectivity index (χ4v) is 12.0. The third kappa shape index (κ3) is 14.4. The van der Waals surface area contributed by atoms with Crippen LogP contribution in [0.1, 0.15) is 88.9 Å². The van der Waals surface area contributed by atoms with Gasteiger partial charge in [0, 0.05) is 93.8 Å². The summed E-state index contributed by atoms with van der Waals surface area (Å²) in [4.78, 5) is 18.9. The van der Waals surface area contributed by atoms with Crippen LogP contribution in [0.25, 0.3) is 0 Å². The highest BCUT2D eigenvalue weighted by Gasteiger charge is 2.48. The van der Waals surface area contributed by atoms with Gasteiger partial charge in [0.25, 0.3) is 25.8 Å². The smallest absolute Gasteiger partial charge is 0.380 e. The number of carbonyl (C=O) groups excluding carboxylic acids is 1. The Bertz CT molecular complexity index is 2390. The number of ether oxygens (including phenoxy) is 1. The van der Waals surface area contributed by atoms with Gasteiger partial charge in [-0.25, -0.2) is 30.3 Å². The Hall–Kier alpha value is -3.75. The van der Waals surface area contributed by atoms with Crippen molar-refractivity contribution in [1.82, 2.24) is 14.5 Å². The molecule has 0 unspecified atom stereocenters. The van der Waals surface area contributed by atoms with Crippen molar-refractivity contribution in [3.63, 3.8) is 0 Å². The number of hydrogen-bond acceptors (Lipinski definition) is 11. The zero-order valence-electron chi connectivity index (χ0n) is 38.7. The summed E-state index contributed by atoms with van der Waals surface area (Å²) >= 11 is 1.45. The Morgan fingerprint density at radius 1 is 0.836 bits per heavy atom. The second-order valence-corrected chi connectivity index (χ2v) is 23.6. The van der Waals surface area contributed by atoms with Crippen molar-refractivity contribution in [2.45, 2.75) is 117 Å². The SMILES string of the molecule is COC1(C)CCN(CC[C@H](CSc2ccccc2)Nc2ccc(S(=O)(=O)NC(=O)c3ccc(N4CCN(CC5=C(CCCC(F)F)CC(C)(C)CC5)CC4)cc3)cc2S(=O)(=O)C(F)(F)F)CC1. The monoisotopic (exact) mass is 997 g/mol. The summed E-state index contributed by atoms with van der Waals surface area (Å²) in [6, 6.07) is 17.5. The van der Waals surface area contributed by atoms with Crippen molar-refractivity contribution < 1.29 is 48.3 Å². The van der Waals surface area contributed by atoms with E-state index in [1.807, 2.05) is 42.0 Å². The summed E-state index contributed by atoms with van der Waals surface area (Å²) in [6.07, 6.45) is 3.73. The molecule has 11 nitrogen and oxygen atoms in total. The molecule has 6 rings (SSSR count). The molecule has 0 radical (unpaired) electrons. The molecule has 3 aliphatic rings. The highest BCUT2D eigenvalue weighted by atomic mass is 32.2. The first kappa shape index (κ1) is 52.6. The summed E-state index contributed by atoms with van der Waals surface area (Å²) in [6.45, 7) is 12.3. The van der Waals surface area contributed by atoms with E-state index in [-0.39, 0.29) is 23.0 Å². The van der Waals surface area contributed by atoms with Crippen LogP contribution < -0.4 is 14.9 Å². The number of sulfonamides is 1. The minimum atomic E-state index is -6.08. The first-order valence-corrected chi connectivity index (χ1v) is 26.8. The van der Waals surface area contributed by atoms with Crippen LogP contribution in [-0.4, -0.2) is 121 Å². The number of likely N-dealkylation sites (tertiary alicyclic amines) is 1.